The number of unbranched alkanes of at least 4 members (excludes halogenated alkanes) is 1. The van der Waals surface area contributed by atoms with E-state index in [2.05, 4.69) is 126 Å². The van der Waals surface area contributed by atoms with E-state index in [1.807, 2.05) is 0 Å². The van der Waals surface area contributed by atoms with Gasteiger partial charge in [0.25, 0.3) is 0 Å². The van der Waals surface area contributed by atoms with Crippen LogP contribution in [-0.2, 0) is 16.2 Å². The minimum atomic E-state index is -0.597. The zero-order valence-electron chi connectivity index (χ0n) is 24.4. The van der Waals surface area contributed by atoms with Crippen molar-refractivity contribution in [1.82, 2.24) is 0 Å². The standard InChI is InChI=1S/C33H49P/c1-14-15-17-34(18-16-27-24(3)19-23(2)20-25(27)4)30-28(32(8,9)10)21-26(31(5,6)7)22-29(30)33(11,12)13/h19-22H,14-15,17H2,1-13H3. The highest BCUT2D eigenvalue weighted by Crippen LogP contribution is 2.44. The lowest BCUT2D eigenvalue weighted by atomic mass is 9.75. The van der Waals surface area contributed by atoms with E-state index in [0.717, 1.165) is 0 Å². The van der Waals surface area contributed by atoms with E-state index < -0.39 is 7.92 Å². The van der Waals surface area contributed by atoms with Crippen LogP contribution in [0.3, 0.4) is 0 Å². The van der Waals surface area contributed by atoms with Gasteiger partial charge in [0.05, 0.1) is 0 Å². The molecule has 0 amide bonds. The Labute approximate surface area is 213 Å². The van der Waals surface area contributed by atoms with Crippen LogP contribution in [0.4, 0.5) is 0 Å². The Morgan fingerprint density at radius 2 is 1.18 bits per heavy atom. The van der Waals surface area contributed by atoms with Crippen LogP contribution in [-0.4, -0.2) is 6.16 Å². The summed E-state index contributed by atoms with van der Waals surface area (Å²) >= 11 is 0. The molecule has 0 saturated heterocycles. The number of hydrogen-bond donors (Lipinski definition) is 0. The van der Waals surface area contributed by atoms with Gasteiger partial charge in [0.1, 0.15) is 0 Å². The Morgan fingerprint density at radius 3 is 1.56 bits per heavy atom. The summed E-state index contributed by atoms with van der Waals surface area (Å²) in [5.74, 6) is 3.70. The highest BCUT2D eigenvalue weighted by molar-refractivity contribution is 7.70. The predicted octanol–water partition coefficient (Wildman–Crippen LogP) is 9.42. The smallest absolute Gasteiger partial charge is 0.0307 e. The van der Waals surface area contributed by atoms with Gasteiger partial charge in [-0.3, -0.25) is 0 Å². The molecule has 0 nitrogen and oxygen atoms in total. The SMILES string of the molecule is CCCCP(C#Cc1c(C)cc(C)cc1C)c1c(C(C)(C)C)cc(C(C)(C)C)cc1C(C)(C)C. The summed E-state index contributed by atoms with van der Waals surface area (Å²) in [5.41, 5.74) is 13.7. The number of hydrogen-bond acceptors (Lipinski definition) is 0. The Bertz CT molecular complexity index is 1010. The van der Waals surface area contributed by atoms with Crippen molar-refractivity contribution >= 4 is 13.2 Å². The van der Waals surface area contributed by atoms with Gasteiger partial charge in [-0.05, 0) is 82.7 Å². The normalized spacial score (nSPS) is 13.4. The molecule has 1 unspecified atom stereocenters. The van der Waals surface area contributed by atoms with Crippen molar-refractivity contribution < 1.29 is 0 Å². The molecule has 0 fully saturated rings. The maximum absolute atomic E-state index is 3.89. The van der Waals surface area contributed by atoms with Crippen molar-refractivity contribution in [3.8, 4) is 11.6 Å². The van der Waals surface area contributed by atoms with Gasteiger partial charge in [0, 0.05) is 13.5 Å². The van der Waals surface area contributed by atoms with Crippen LogP contribution in [0.1, 0.15) is 121 Å². The summed E-state index contributed by atoms with van der Waals surface area (Å²) < 4.78 is 0. The Hall–Kier alpha value is -1.57. The molecule has 2 rings (SSSR count). The fourth-order valence-electron chi connectivity index (χ4n) is 4.54. The minimum absolute atomic E-state index is 0.0702. The topological polar surface area (TPSA) is 0 Å². The van der Waals surface area contributed by atoms with Gasteiger partial charge >= 0.3 is 0 Å². The van der Waals surface area contributed by atoms with Crippen molar-refractivity contribution in [2.24, 2.45) is 0 Å². The molecule has 0 radical (unpaired) electrons. The van der Waals surface area contributed by atoms with Gasteiger partial charge < -0.3 is 0 Å². The summed E-state index contributed by atoms with van der Waals surface area (Å²) in [4.78, 5) is 0. The van der Waals surface area contributed by atoms with Crippen LogP contribution >= 0.6 is 7.92 Å². The Balaban J connectivity index is 2.89. The molecule has 0 aliphatic heterocycles. The first-order valence-corrected chi connectivity index (χ1v) is 14.6. The molecule has 2 aromatic carbocycles. The molecule has 0 bridgehead atoms. The molecule has 0 aliphatic carbocycles. The van der Waals surface area contributed by atoms with Crippen LogP contribution in [0.15, 0.2) is 24.3 Å². The van der Waals surface area contributed by atoms with Crippen molar-refractivity contribution in [2.45, 2.75) is 119 Å². The molecule has 34 heavy (non-hydrogen) atoms. The Kier molecular flexibility index (Phi) is 8.93. The second kappa shape index (κ2) is 10.6. The summed E-state index contributed by atoms with van der Waals surface area (Å²) in [5, 5.41) is 1.55. The molecule has 0 spiro atoms. The van der Waals surface area contributed by atoms with E-state index in [1.165, 1.54) is 57.9 Å². The molecule has 2 aromatic rings. The molecule has 186 valence electrons. The van der Waals surface area contributed by atoms with Crippen molar-refractivity contribution in [2.75, 3.05) is 6.16 Å². The zero-order valence-corrected chi connectivity index (χ0v) is 25.3. The van der Waals surface area contributed by atoms with Gasteiger partial charge in [-0.25, -0.2) is 0 Å². The number of aryl methyl sites for hydroxylation is 3. The van der Waals surface area contributed by atoms with Crippen LogP contribution < -0.4 is 5.30 Å². The first kappa shape index (κ1) is 28.7. The summed E-state index contributed by atoms with van der Waals surface area (Å²) in [6.45, 7) is 30.1. The molecular weight excluding hydrogens is 427 g/mol. The molecule has 0 saturated carbocycles. The predicted molar refractivity (Wildman–Crippen MR) is 156 cm³/mol. The minimum Gasteiger partial charge on any atom is -0.0663 e. The van der Waals surface area contributed by atoms with Crippen LogP contribution in [0.5, 0.6) is 0 Å². The summed E-state index contributed by atoms with van der Waals surface area (Å²) in [6.07, 6.45) is 3.60. The average molecular weight is 477 g/mol. The number of benzene rings is 2. The third kappa shape index (κ3) is 6.98. The van der Waals surface area contributed by atoms with Gasteiger partial charge in [-0.15, -0.1) is 0 Å². The quantitative estimate of drug-likeness (QED) is 0.304. The van der Waals surface area contributed by atoms with Crippen LogP contribution in [0, 0.1) is 32.4 Å². The lowest BCUT2D eigenvalue weighted by molar-refractivity contribution is 0.553. The summed E-state index contributed by atoms with van der Waals surface area (Å²) in [6, 6.07) is 9.56. The summed E-state index contributed by atoms with van der Waals surface area (Å²) in [7, 11) is -0.597. The van der Waals surface area contributed by atoms with E-state index in [4.69, 9.17) is 0 Å². The van der Waals surface area contributed by atoms with Crippen molar-refractivity contribution in [3.05, 3.63) is 63.2 Å². The van der Waals surface area contributed by atoms with E-state index >= 15 is 0 Å². The van der Waals surface area contributed by atoms with E-state index in [1.54, 1.807) is 5.30 Å². The molecule has 1 atom stereocenters. The molecular formula is C33H49P. The van der Waals surface area contributed by atoms with Crippen LogP contribution in [0.25, 0.3) is 0 Å². The van der Waals surface area contributed by atoms with Crippen LogP contribution in [0.2, 0.25) is 0 Å². The third-order valence-electron chi connectivity index (χ3n) is 6.59. The average Bonchev–Trinajstić information content (AvgIpc) is 2.66. The maximum Gasteiger partial charge on any atom is 0.0307 e. The molecule has 0 N–H and O–H groups in total. The monoisotopic (exact) mass is 476 g/mol. The second-order valence-corrected chi connectivity index (χ2v) is 15.2. The maximum atomic E-state index is 3.89. The second-order valence-electron chi connectivity index (χ2n) is 13.2. The van der Waals surface area contributed by atoms with E-state index in [9.17, 15) is 0 Å². The van der Waals surface area contributed by atoms with Crippen molar-refractivity contribution in [1.29, 1.82) is 0 Å². The fraction of sp³-hybridized carbons (Fsp3) is 0.576. The number of rotatable bonds is 4. The van der Waals surface area contributed by atoms with Gasteiger partial charge in [-0.1, -0.05) is 117 Å². The Morgan fingerprint density at radius 1 is 0.706 bits per heavy atom. The molecule has 0 heterocycles. The largest absolute Gasteiger partial charge is 0.0663 e. The van der Waals surface area contributed by atoms with Crippen molar-refractivity contribution in [3.63, 3.8) is 0 Å². The highest BCUT2D eigenvalue weighted by Gasteiger charge is 2.31. The first-order valence-electron chi connectivity index (χ1n) is 13.0. The fourth-order valence-corrected chi connectivity index (χ4v) is 7.25. The zero-order chi connectivity index (χ0) is 26.1. The van der Waals surface area contributed by atoms with E-state index in [0.29, 0.717) is 0 Å². The lowest BCUT2D eigenvalue weighted by Gasteiger charge is -2.35. The highest BCUT2D eigenvalue weighted by atomic mass is 31.1. The van der Waals surface area contributed by atoms with Gasteiger partial charge in [0.15, 0.2) is 0 Å². The third-order valence-corrected chi connectivity index (χ3v) is 8.76. The molecule has 0 aliphatic rings. The van der Waals surface area contributed by atoms with E-state index in [-0.39, 0.29) is 16.2 Å². The molecule has 0 aromatic heterocycles. The first-order chi connectivity index (χ1) is 15.5. The van der Waals surface area contributed by atoms with Gasteiger partial charge in [-0.2, -0.15) is 0 Å². The molecule has 1 heteroatoms. The lowest BCUT2D eigenvalue weighted by Crippen LogP contribution is -2.32. The van der Waals surface area contributed by atoms with Gasteiger partial charge in [0.2, 0.25) is 0 Å².